The highest BCUT2D eigenvalue weighted by molar-refractivity contribution is 5.91. The Hall–Kier alpha value is -2.26. The summed E-state index contributed by atoms with van der Waals surface area (Å²) in [5.74, 6) is 0. The molecule has 0 radical (unpaired) electrons. The molecular formula is C18H19NO2. The SMILES string of the molecule is CCCOn1c(-c2ccccc2)c(CO)c2ccccc21. The fourth-order valence-corrected chi connectivity index (χ4v) is 2.64. The molecule has 0 amide bonds. The van der Waals surface area contributed by atoms with Gasteiger partial charge in [0.2, 0.25) is 0 Å². The van der Waals surface area contributed by atoms with Gasteiger partial charge in [0, 0.05) is 16.5 Å². The third-order valence-electron chi connectivity index (χ3n) is 3.57. The van der Waals surface area contributed by atoms with Gasteiger partial charge in [0.05, 0.1) is 17.8 Å². The van der Waals surface area contributed by atoms with Gasteiger partial charge in [-0.15, -0.1) is 0 Å². The number of aliphatic hydroxyl groups is 1. The number of aliphatic hydroxyl groups excluding tert-OH is 1. The summed E-state index contributed by atoms with van der Waals surface area (Å²) >= 11 is 0. The van der Waals surface area contributed by atoms with E-state index < -0.39 is 0 Å². The summed E-state index contributed by atoms with van der Waals surface area (Å²) in [6.07, 6.45) is 0.940. The molecule has 0 aliphatic carbocycles. The molecule has 3 heteroatoms. The Morgan fingerprint density at radius 3 is 2.43 bits per heavy atom. The molecule has 0 bridgehead atoms. The van der Waals surface area contributed by atoms with Crippen molar-refractivity contribution in [1.29, 1.82) is 0 Å². The van der Waals surface area contributed by atoms with E-state index in [1.165, 1.54) is 0 Å². The average Bonchev–Trinajstić information content (AvgIpc) is 2.87. The number of para-hydroxylation sites is 1. The lowest BCUT2D eigenvalue weighted by Gasteiger charge is -2.12. The number of hydrogen-bond donors (Lipinski definition) is 1. The molecule has 1 aromatic heterocycles. The van der Waals surface area contributed by atoms with Crippen molar-refractivity contribution in [2.45, 2.75) is 20.0 Å². The van der Waals surface area contributed by atoms with Crippen LogP contribution in [0.25, 0.3) is 22.2 Å². The van der Waals surface area contributed by atoms with E-state index >= 15 is 0 Å². The van der Waals surface area contributed by atoms with E-state index in [-0.39, 0.29) is 6.61 Å². The highest BCUT2D eigenvalue weighted by atomic mass is 16.7. The van der Waals surface area contributed by atoms with Crippen molar-refractivity contribution in [3.63, 3.8) is 0 Å². The molecule has 1 heterocycles. The third-order valence-corrected chi connectivity index (χ3v) is 3.57. The molecule has 0 spiro atoms. The second-order valence-corrected chi connectivity index (χ2v) is 5.00. The van der Waals surface area contributed by atoms with Gasteiger partial charge in [-0.2, -0.15) is 4.73 Å². The van der Waals surface area contributed by atoms with Crippen LogP contribution < -0.4 is 4.84 Å². The van der Waals surface area contributed by atoms with Gasteiger partial charge in [-0.1, -0.05) is 55.5 Å². The molecule has 3 nitrogen and oxygen atoms in total. The van der Waals surface area contributed by atoms with Gasteiger partial charge in [0.15, 0.2) is 0 Å². The maximum absolute atomic E-state index is 9.85. The monoisotopic (exact) mass is 281 g/mol. The molecular weight excluding hydrogens is 262 g/mol. The van der Waals surface area contributed by atoms with Crippen LogP contribution in [-0.4, -0.2) is 16.4 Å². The Morgan fingerprint density at radius 1 is 1.00 bits per heavy atom. The summed E-state index contributed by atoms with van der Waals surface area (Å²) in [7, 11) is 0. The Labute approximate surface area is 124 Å². The molecule has 0 unspecified atom stereocenters. The van der Waals surface area contributed by atoms with Gasteiger partial charge < -0.3 is 9.94 Å². The van der Waals surface area contributed by atoms with Gasteiger partial charge in [0.1, 0.15) is 6.61 Å². The first-order valence-corrected chi connectivity index (χ1v) is 7.28. The minimum Gasteiger partial charge on any atom is -0.413 e. The minimum atomic E-state index is -0.00672. The van der Waals surface area contributed by atoms with Crippen LogP contribution in [0.15, 0.2) is 54.6 Å². The van der Waals surface area contributed by atoms with Crippen molar-refractivity contribution >= 4 is 10.9 Å². The molecule has 0 aliphatic rings. The Kier molecular flexibility index (Phi) is 3.93. The van der Waals surface area contributed by atoms with E-state index in [0.29, 0.717) is 6.61 Å². The number of fused-ring (bicyclic) bond motifs is 1. The molecule has 0 fully saturated rings. The van der Waals surface area contributed by atoms with Crippen LogP contribution in [-0.2, 0) is 6.61 Å². The molecule has 1 N–H and O–H groups in total. The molecule has 0 saturated heterocycles. The number of nitrogens with zero attached hydrogens (tertiary/aromatic N) is 1. The highest BCUT2D eigenvalue weighted by Gasteiger charge is 2.18. The van der Waals surface area contributed by atoms with Crippen LogP contribution in [0.4, 0.5) is 0 Å². The lowest BCUT2D eigenvalue weighted by Crippen LogP contribution is -2.13. The largest absolute Gasteiger partial charge is 0.413 e. The van der Waals surface area contributed by atoms with E-state index in [0.717, 1.165) is 34.1 Å². The predicted octanol–water partition coefficient (Wildman–Crippen LogP) is 3.64. The Morgan fingerprint density at radius 2 is 1.71 bits per heavy atom. The summed E-state index contributed by atoms with van der Waals surface area (Å²) in [5.41, 5.74) is 3.89. The summed E-state index contributed by atoms with van der Waals surface area (Å²) < 4.78 is 1.86. The number of hydrogen-bond acceptors (Lipinski definition) is 2. The fourth-order valence-electron chi connectivity index (χ4n) is 2.64. The quantitative estimate of drug-likeness (QED) is 0.774. The standard InChI is InChI=1S/C18H19NO2/c1-2-12-21-19-17-11-7-6-10-15(17)16(13-20)18(19)14-8-4-3-5-9-14/h3-11,20H,2,12-13H2,1H3. The van der Waals surface area contributed by atoms with Crippen molar-refractivity contribution in [1.82, 2.24) is 4.73 Å². The predicted molar refractivity (Wildman–Crippen MR) is 85.0 cm³/mol. The van der Waals surface area contributed by atoms with Gasteiger partial charge >= 0.3 is 0 Å². The highest BCUT2D eigenvalue weighted by Crippen LogP contribution is 2.33. The van der Waals surface area contributed by atoms with Crippen LogP contribution >= 0.6 is 0 Å². The number of benzene rings is 2. The molecule has 3 rings (SSSR count). The summed E-state index contributed by atoms with van der Waals surface area (Å²) in [6, 6.07) is 18.1. The van der Waals surface area contributed by atoms with Crippen molar-refractivity contribution in [2.24, 2.45) is 0 Å². The number of rotatable bonds is 5. The first kappa shape index (κ1) is 13.7. The fraction of sp³-hybridized carbons (Fsp3) is 0.222. The van der Waals surface area contributed by atoms with Gasteiger partial charge in [-0.05, 0) is 12.5 Å². The van der Waals surface area contributed by atoms with E-state index in [9.17, 15) is 5.11 Å². The summed E-state index contributed by atoms with van der Waals surface area (Å²) in [6.45, 7) is 2.72. The van der Waals surface area contributed by atoms with Crippen LogP contribution in [0.1, 0.15) is 18.9 Å². The second kappa shape index (κ2) is 6.02. The van der Waals surface area contributed by atoms with E-state index in [1.807, 2.05) is 59.3 Å². The van der Waals surface area contributed by atoms with E-state index in [4.69, 9.17) is 4.84 Å². The average molecular weight is 281 g/mol. The Balaban J connectivity index is 2.29. The van der Waals surface area contributed by atoms with Gasteiger partial charge in [-0.25, -0.2) is 0 Å². The van der Waals surface area contributed by atoms with Gasteiger partial charge in [-0.3, -0.25) is 0 Å². The van der Waals surface area contributed by atoms with E-state index in [2.05, 4.69) is 6.92 Å². The van der Waals surface area contributed by atoms with Crippen LogP contribution in [0.5, 0.6) is 0 Å². The van der Waals surface area contributed by atoms with Crippen molar-refractivity contribution in [2.75, 3.05) is 6.61 Å². The third kappa shape index (κ3) is 2.41. The van der Waals surface area contributed by atoms with Crippen LogP contribution in [0.2, 0.25) is 0 Å². The minimum absolute atomic E-state index is 0.00672. The van der Waals surface area contributed by atoms with Crippen molar-refractivity contribution in [3.8, 4) is 11.3 Å². The van der Waals surface area contributed by atoms with Gasteiger partial charge in [0.25, 0.3) is 0 Å². The zero-order valence-corrected chi connectivity index (χ0v) is 12.1. The molecule has 0 atom stereocenters. The zero-order chi connectivity index (χ0) is 14.7. The normalized spacial score (nSPS) is 11.0. The molecule has 0 saturated carbocycles. The van der Waals surface area contributed by atoms with Crippen LogP contribution in [0, 0.1) is 0 Å². The molecule has 21 heavy (non-hydrogen) atoms. The maximum atomic E-state index is 9.85. The molecule has 2 aromatic carbocycles. The Bertz CT molecular complexity index is 732. The lowest BCUT2D eigenvalue weighted by molar-refractivity contribution is 0.123. The van der Waals surface area contributed by atoms with Crippen LogP contribution in [0.3, 0.4) is 0 Å². The second-order valence-electron chi connectivity index (χ2n) is 5.00. The van der Waals surface area contributed by atoms with Crippen molar-refractivity contribution in [3.05, 3.63) is 60.2 Å². The maximum Gasteiger partial charge on any atom is 0.114 e. The van der Waals surface area contributed by atoms with E-state index in [1.54, 1.807) is 0 Å². The zero-order valence-electron chi connectivity index (χ0n) is 12.1. The summed E-state index contributed by atoms with van der Waals surface area (Å²) in [5, 5.41) is 10.9. The first-order valence-electron chi connectivity index (χ1n) is 7.28. The lowest BCUT2D eigenvalue weighted by atomic mass is 10.1. The molecule has 108 valence electrons. The summed E-state index contributed by atoms with van der Waals surface area (Å²) in [4.78, 5) is 5.94. The molecule has 3 aromatic rings. The van der Waals surface area contributed by atoms with Crippen molar-refractivity contribution < 1.29 is 9.94 Å². The first-order chi connectivity index (χ1) is 10.4. The molecule has 0 aliphatic heterocycles. The number of aromatic nitrogens is 1. The topological polar surface area (TPSA) is 34.4 Å². The smallest absolute Gasteiger partial charge is 0.114 e.